The van der Waals surface area contributed by atoms with Crippen molar-refractivity contribution >= 4 is 11.9 Å². The van der Waals surface area contributed by atoms with E-state index in [0.717, 1.165) is 12.8 Å². The molecule has 0 bridgehead atoms. The lowest BCUT2D eigenvalue weighted by Gasteiger charge is -2.25. The van der Waals surface area contributed by atoms with Crippen LogP contribution in [0.5, 0.6) is 0 Å². The monoisotopic (exact) mass is 199 g/mol. The third kappa shape index (κ3) is 3.01. The number of hydrogen-bond acceptors (Lipinski definition) is 2. The maximum Gasteiger partial charge on any atom is 0.326 e. The zero-order valence-corrected chi connectivity index (χ0v) is 8.45. The second-order valence-electron chi connectivity index (χ2n) is 3.87. The van der Waals surface area contributed by atoms with Gasteiger partial charge in [0.25, 0.3) is 0 Å². The molecule has 0 radical (unpaired) electrons. The first-order valence-corrected chi connectivity index (χ1v) is 5.15. The summed E-state index contributed by atoms with van der Waals surface area (Å²) >= 11 is 0. The molecular formula is C10H17NO3. The number of rotatable bonds is 5. The third-order valence-electron chi connectivity index (χ3n) is 2.74. The van der Waals surface area contributed by atoms with E-state index in [9.17, 15) is 9.59 Å². The topological polar surface area (TPSA) is 66.4 Å². The molecule has 1 saturated carbocycles. The minimum absolute atomic E-state index is 0.121. The summed E-state index contributed by atoms with van der Waals surface area (Å²) in [6, 6.07) is -0.720. The van der Waals surface area contributed by atoms with E-state index >= 15 is 0 Å². The first-order chi connectivity index (χ1) is 6.63. The Bertz CT molecular complexity index is 223. The number of aliphatic carboxylic acids is 1. The van der Waals surface area contributed by atoms with E-state index in [4.69, 9.17) is 5.11 Å². The number of nitrogens with one attached hydrogen (secondary N) is 1. The Kier molecular flexibility index (Phi) is 3.92. The van der Waals surface area contributed by atoms with Gasteiger partial charge < -0.3 is 10.4 Å². The number of carbonyl (C=O) groups excluding carboxylic acids is 1. The summed E-state index contributed by atoms with van der Waals surface area (Å²) in [4.78, 5) is 22.0. The largest absolute Gasteiger partial charge is 0.480 e. The third-order valence-corrected chi connectivity index (χ3v) is 2.74. The Hall–Kier alpha value is -1.06. The molecule has 1 unspecified atom stereocenters. The molecule has 4 heteroatoms. The fourth-order valence-electron chi connectivity index (χ4n) is 1.55. The predicted molar refractivity (Wildman–Crippen MR) is 51.8 cm³/mol. The lowest BCUT2D eigenvalue weighted by Crippen LogP contribution is -2.41. The van der Waals surface area contributed by atoms with Crippen LogP contribution >= 0.6 is 0 Å². The van der Waals surface area contributed by atoms with Crippen LogP contribution in [-0.2, 0) is 9.59 Å². The van der Waals surface area contributed by atoms with Gasteiger partial charge in [0, 0.05) is 6.42 Å². The highest BCUT2D eigenvalue weighted by Crippen LogP contribution is 2.29. The van der Waals surface area contributed by atoms with E-state index in [1.165, 1.54) is 6.42 Å². The van der Waals surface area contributed by atoms with Gasteiger partial charge in [-0.25, -0.2) is 4.79 Å². The zero-order chi connectivity index (χ0) is 10.6. The number of carbonyl (C=O) groups is 2. The van der Waals surface area contributed by atoms with E-state index in [1.54, 1.807) is 6.92 Å². The van der Waals surface area contributed by atoms with Crippen LogP contribution in [-0.4, -0.2) is 23.0 Å². The van der Waals surface area contributed by atoms with Gasteiger partial charge >= 0.3 is 5.97 Å². The van der Waals surface area contributed by atoms with Crippen molar-refractivity contribution in [1.82, 2.24) is 5.32 Å². The summed E-state index contributed by atoms with van der Waals surface area (Å²) in [7, 11) is 0. The summed E-state index contributed by atoms with van der Waals surface area (Å²) in [6.07, 6.45) is 4.35. The molecule has 1 aliphatic carbocycles. The van der Waals surface area contributed by atoms with Gasteiger partial charge in [0.1, 0.15) is 6.04 Å². The molecule has 0 spiro atoms. The Morgan fingerprint density at radius 2 is 2.14 bits per heavy atom. The fraction of sp³-hybridized carbons (Fsp3) is 0.800. The first-order valence-electron chi connectivity index (χ1n) is 5.15. The van der Waals surface area contributed by atoms with E-state index < -0.39 is 12.0 Å². The number of amides is 1. The predicted octanol–water partition coefficient (Wildman–Crippen LogP) is 1.16. The van der Waals surface area contributed by atoms with Crippen molar-refractivity contribution in [3.05, 3.63) is 0 Å². The van der Waals surface area contributed by atoms with Crippen LogP contribution in [0.3, 0.4) is 0 Å². The van der Waals surface area contributed by atoms with Crippen molar-refractivity contribution < 1.29 is 14.7 Å². The Balaban J connectivity index is 2.26. The van der Waals surface area contributed by atoms with Crippen molar-refractivity contribution in [2.24, 2.45) is 5.92 Å². The van der Waals surface area contributed by atoms with Crippen LogP contribution in [0.25, 0.3) is 0 Å². The molecule has 1 amide bonds. The Morgan fingerprint density at radius 1 is 1.50 bits per heavy atom. The van der Waals surface area contributed by atoms with Gasteiger partial charge in [0.2, 0.25) is 5.91 Å². The molecule has 0 heterocycles. The molecule has 1 fully saturated rings. The number of carboxylic acid groups (broad SMARTS) is 1. The van der Waals surface area contributed by atoms with Crippen LogP contribution in [0.1, 0.15) is 39.0 Å². The summed E-state index contributed by atoms with van der Waals surface area (Å²) in [5.74, 6) is -0.584. The average Bonchev–Trinajstić information content (AvgIpc) is 2.07. The molecule has 1 atom stereocenters. The van der Waals surface area contributed by atoms with Crippen LogP contribution in [0, 0.1) is 5.92 Å². The first kappa shape index (κ1) is 11.0. The maximum atomic E-state index is 11.3. The van der Waals surface area contributed by atoms with Gasteiger partial charge in [-0.1, -0.05) is 13.3 Å². The summed E-state index contributed by atoms with van der Waals surface area (Å²) in [5.41, 5.74) is 0. The van der Waals surface area contributed by atoms with Gasteiger partial charge in [-0.05, 0) is 25.2 Å². The van der Waals surface area contributed by atoms with E-state index in [2.05, 4.69) is 5.32 Å². The summed E-state index contributed by atoms with van der Waals surface area (Å²) in [6.45, 7) is 1.75. The molecule has 0 aromatic carbocycles. The average molecular weight is 199 g/mol. The quantitative estimate of drug-likeness (QED) is 0.698. The summed E-state index contributed by atoms with van der Waals surface area (Å²) in [5, 5.41) is 11.2. The molecule has 2 N–H and O–H groups in total. The molecule has 0 saturated heterocycles. The minimum Gasteiger partial charge on any atom is -0.480 e. The van der Waals surface area contributed by atoms with Gasteiger partial charge in [-0.15, -0.1) is 0 Å². The van der Waals surface area contributed by atoms with Crippen LogP contribution in [0.4, 0.5) is 0 Å². The molecular weight excluding hydrogens is 182 g/mol. The van der Waals surface area contributed by atoms with Crippen molar-refractivity contribution in [3.8, 4) is 0 Å². The van der Waals surface area contributed by atoms with Crippen LogP contribution in [0.15, 0.2) is 0 Å². The van der Waals surface area contributed by atoms with Gasteiger partial charge in [0.05, 0.1) is 0 Å². The maximum absolute atomic E-state index is 11.3. The molecule has 14 heavy (non-hydrogen) atoms. The van der Waals surface area contributed by atoms with Gasteiger partial charge in [-0.2, -0.15) is 0 Å². The molecule has 4 nitrogen and oxygen atoms in total. The summed E-state index contributed by atoms with van der Waals surface area (Å²) < 4.78 is 0. The zero-order valence-electron chi connectivity index (χ0n) is 8.45. The lowest BCUT2D eigenvalue weighted by molar-refractivity contribution is -0.142. The Morgan fingerprint density at radius 3 is 2.50 bits per heavy atom. The second-order valence-corrected chi connectivity index (χ2v) is 3.87. The highest BCUT2D eigenvalue weighted by atomic mass is 16.4. The second kappa shape index (κ2) is 4.98. The SMILES string of the molecule is CCC(NC(=O)CC1CCC1)C(=O)O. The highest BCUT2D eigenvalue weighted by Gasteiger charge is 2.23. The molecule has 80 valence electrons. The smallest absolute Gasteiger partial charge is 0.326 e. The normalized spacial score (nSPS) is 18.4. The van der Waals surface area contributed by atoms with E-state index in [-0.39, 0.29) is 5.91 Å². The van der Waals surface area contributed by atoms with Gasteiger partial charge in [0.15, 0.2) is 0 Å². The van der Waals surface area contributed by atoms with Crippen molar-refractivity contribution in [2.75, 3.05) is 0 Å². The fourth-order valence-corrected chi connectivity index (χ4v) is 1.55. The van der Waals surface area contributed by atoms with Crippen LogP contribution < -0.4 is 5.32 Å². The Labute approximate surface area is 83.7 Å². The molecule has 1 rings (SSSR count). The van der Waals surface area contributed by atoms with Crippen molar-refractivity contribution in [3.63, 3.8) is 0 Å². The molecule has 0 aromatic rings. The molecule has 0 aromatic heterocycles. The molecule has 0 aliphatic heterocycles. The number of hydrogen-bond donors (Lipinski definition) is 2. The highest BCUT2D eigenvalue weighted by molar-refractivity contribution is 5.83. The van der Waals surface area contributed by atoms with Crippen molar-refractivity contribution in [2.45, 2.75) is 45.1 Å². The van der Waals surface area contributed by atoms with Gasteiger partial charge in [-0.3, -0.25) is 4.79 Å². The minimum atomic E-state index is -0.950. The standard InChI is InChI=1S/C10H17NO3/c1-2-8(10(13)14)11-9(12)6-7-4-3-5-7/h7-8H,2-6H2,1H3,(H,11,12)(H,13,14). The lowest BCUT2D eigenvalue weighted by atomic mass is 9.83. The van der Waals surface area contributed by atoms with Crippen molar-refractivity contribution in [1.29, 1.82) is 0 Å². The van der Waals surface area contributed by atoms with E-state index in [0.29, 0.717) is 18.8 Å². The molecule has 1 aliphatic rings. The van der Waals surface area contributed by atoms with Crippen LogP contribution in [0.2, 0.25) is 0 Å². The van der Waals surface area contributed by atoms with E-state index in [1.807, 2.05) is 0 Å². The number of carboxylic acids is 1.